The summed E-state index contributed by atoms with van der Waals surface area (Å²) in [6, 6.07) is 18.4. The first-order valence-corrected chi connectivity index (χ1v) is 13.6. The van der Waals surface area contributed by atoms with Crippen molar-refractivity contribution in [2.75, 3.05) is 19.6 Å². The van der Waals surface area contributed by atoms with E-state index >= 15 is 0 Å². The highest BCUT2D eigenvalue weighted by atomic mass is 35.5. The highest BCUT2D eigenvalue weighted by Gasteiger charge is 2.30. The quantitative estimate of drug-likeness (QED) is 0.198. The number of nitrogens with one attached hydrogen (secondary N) is 1. The molecule has 2 aliphatic rings. The van der Waals surface area contributed by atoms with E-state index in [1.165, 1.54) is 0 Å². The van der Waals surface area contributed by atoms with Crippen molar-refractivity contribution in [2.24, 2.45) is 0 Å². The van der Waals surface area contributed by atoms with Crippen LogP contribution in [-0.2, 0) is 4.79 Å². The Labute approximate surface area is 233 Å². The zero-order chi connectivity index (χ0) is 27.4. The Morgan fingerprint density at radius 1 is 1.03 bits per heavy atom. The lowest BCUT2D eigenvalue weighted by molar-refractivity contribution is -0.118. The molecule has 0 unspecified atom stereocenters. The topological polar surface area (TPSA) is 83.2 Å². The Bertz CT molecular complexity index is 1370. The lowest BCUT2D eigenvalue weighted by Crippen LogP contribution is -2.48. The van der Waals surface area contributed by atoms with Crippen LogP contribution in [0.5, 0.6) is 5.75 Å². The van der Waals surface area contributed by atoms with Crippen molar-refractivity contribution >= 4 is 29.0 Å². The van der Waals surface area contributed by atoms with Crippen LogP contribution < -0.4 is 10.1 Å². The molecular formula is C31H30ClN3O4. The minimum absolute atomic E-state index is 0.200. The van der Waals surface area contributed by atoms with E-state index in [0.717, 1.165) is 49.9 Å². The number of ether oxygens (including phenoxy) is 1. The van der Waals surface area contributed by atoms with E-state index in [1.54, 1.807) is 54.6 Å². The van der Waals surface area contributed by atoms with Crippen molar-refractivity contribution in [1.82, 2.24) is 10.2 Å². The molecule has 8 heteroatoms. The maximum Gasteiger partial charge on any atom is 0.292 e. The summed E-state index contributed by atoms with van der Waals surface area (Å²) in [5.41, 5.74) is 3.14. The average molecular weight is 544 g/mol. The fourth-order valence-corrected chi connectivity index (χ4v) is 5.00. The van der Waals surface area contributed by atoms with E-state index in [0.29, 0.717) is 28.6 Å². The number of aliphatic hydroxyl groups is 1. The fourth-order valence-electron chi connectivity index (χ4n) is 4.77. The van der Waals surface area contributed by atoms with Gasteiger partial charge in [-0.05, 0) is 67.6 Å². The molecule has 0 spiro atoms. The van der Waals surface area contributed by atoms with E-state index < -0.39 is 23.8 Å². The number of halogens is 1. The van der Waals surface area contributed by atoms with Gasteiger partial charge in [0.05, 0.1) is 23.7 Å². The molecule has 0 aromatic heterocycles. The Morgan fingerprint density at radius 2 is 1.67 bits per heavy atom. The number of amides is 1. The van der Waals surface area contributed by atoms with Gasteiger partial charge in [0.15, 0.2) is 5.69 Å². The van der Waals surface area contributed by atoms with Crippen molar-refractivity contribution in [3.05, 3.63) is 94.3 Å². The first-order valence-electron chi connectivity index (χ1n) is 13.2. The monoisotopic (exact) mass is 543 g/mol. The van der Waals surface area contributed by atoms with Crippen LogP contribution in [0, 0.1) is 6.57 Å². The molecule has 7 nitrogen and oxygen atoms in total. The molecule has 0 radical (unpaired) electrons. The third-order valence-electron chi connectivity index (χ3n) is 7.15. The van der Waals surface area contributed by atoms with Gasteiger partial charge < -0.3 is 20.1 Å². The summed E-state index contributed by atoms with van der Waals surface area (Å²) < 4.78 is 5.80. The second-order valence-electron chi connectivity index (χ2n) is 10.1. The average Bonchev–Trinajstić information content (AvgIpc) is 3.64. The molecule has 2 atom stereocenters. The van der Waals surface area contributed by atoms with Crippen LogP contribution >= 0.6 is 11.6 Å². The van der Waals surface area contributed by atoms with E-state index in [9.17, 15) is 14.7 Å². The molecule has 2 fully saturated rings. The van der Waals surface area contributed by atoms with Crippen molar-refractivity contribution in [1.29, 1.82) is 0 Å². The highest BCUT2D eigenvalue weighted by Crippen LogP contribution is 2.34. The molecule has 0 bridgehead atoms. The first kappa shape index (κ1) is 26.9. The van der Waals surface area contributed by atoms with Crippen LogP contribution in [0.15, 0.2) is 66.7 Å². The summed E-state index contributed by atoms with van der Waals surface area (Å²) in [6.07, 6.45) is 3.28. The maximum atomic E-state index is 13.1. The van der Waals surface area contributed by atoms with Gasteiger partial charge in [0.25, 0.3) is 5.91 Å². The number of carbonyl (C=O) groups excluding carboxylic acids is 2. The number of nitrogens with zero attached hydrogens (tertiary/aromatic N) is 2. The number of carbonyl (C=O) groups is 2. The highest BCUT2D eigenvalue weighted by molar-refractivity contribution is 6.42. The Hall–Kier alpha value is -3.70. The van der Waals surface area contributed by atoms with Gasteiger partial charge in [0.2, 0.25) is 5.78 Å². The van der Waals surface area contributed by atoms with E-state index in [2.05, 4.69) is 15.1 Å². The number of hydrogen-bond acceptors (Lipinski definition) is 5. The SMILES string of the molecule is [C-]#[N+]c1ccc(-c2ccc(C(=O)C(=O)N[C@H](CN3CCCC3)[C@H](O)c3ccc(OC4CC4)c(Cl)c3)cc2)cc1. The molecule has 1 saturated carbocycles. The van der Waals surface area contributed by atoms with Crippen molar-refractivity contribution < 1.29 is 19.4 Å². The van der Waals surface area contributed by atoms with Gasteiger partial charge in [-0.2, -0.15) is 0 Å². The van der Waals surface area contributed by atoms with Crippen LogP contribution in [0.1, 0.15) is 47.7 Å². The predicted octanol–water partition coefficient (Wildman–Crippen LogP) is 5.60. The maximum absolute atomic E-state index is 13.1. The van der Waals surface area contributed by atoms with Gasteiger partial charge in [0, 0.05) is 12.1 Å². The van der Waals surface area contributed by atoms with E-state index in [1.807, 2.05) is 12.1 Å². The van der Waals surface area contributed by atoms with Crippen LogP contribution in [0.3, 0.4) is 0 Å². The first-order chi connectivity index (χ1) is 18.9. The number of aliphatic hydroxyl groups excluding tert-OH is 1. The third kappa shape index (κ3) is 6.66. The van der Waals surface area contributed by atoms with Crippen LogP contribution in [0.2, 0.25) is 5.02 Å². The second-order valence-corrected chi connectivity index (χ2v) is 10.5. The van der Waals surface area contributed by atoms with Crippen LogP contribution in [0.25, 0.3) is 16.0 Å². The summed E-state index contributed by atoms with van der Waals surface area (Å²) in [5, 5.41) is 14.5. The second kappa shape index (κ2) is 12.0. The van der Waals surface area contributed by atoms with Crippen LogP contribution in [-0.4, -0.2) is 53.5 Å². The number of benzene rings is 3. The molecule has 2 N–H and O–H groups in total. The zero-order valence-corrected chi connectivity index (χ0v) is 22.2. The summed E-state index contributed by atoms with van der Waals surface area (Å²) in [5.74, 6) is -0.863. The summed E-state index contributed by atoms with van der Waals surface area (Å²) in [6.45, 7) is 9.25. The summed E-state index contributed by atoms with van der Waals surface area (Å²) >= 11 is 6.43. The lowest BCUT2D eigenvalue weighted by Gasteiger charge is -2.28. The zero-order valence-electron chi connectivity index (χ0n) is 21.5. The molecule has 1 saturated heterocycles. The van der Waals surface area contributed by atoms with E-state index in [4.69, 9.17) is 22.9 Å². The van der Waals surface area contributed by atoms with E-state index in [-0.39, 0.29) is 11.7 Å². The molecule has 1 aliphatic heterocycles. The minimum Gasteiger partial charge on any atom is -0.489 e. The van der Waals surface area contributed by atoms with Gasteiger partial charge in [-0.15, -0.1) is 0 Å². The molecule has 1 amide bonds. The molecule has 5 rings (SSSR count). The number of rotatable bonds is 10. The third-order valence-corrected chi connectivity index (χ3v) is 7.45. The number of likely N-dealkylation sites (tertiary alicyclic amines) is 1. The van der Waals surface area contributed by atoms with Crippen molar-refractivity contribution in [3.8, 4) is 16.9 Å². The Balaban J connectivity index is 1.29. The van der Waals surface area contributed by atoms with Crippen molar-refractivity contribution in [2.45, 2.75) is 43.9 Å². The van der Waals surface area contributed by atoms with Gasteiger partial charge in [-0.3, -0.25) is 9.59 Å². The Kier molecular flexibility index (Phi) is 8.27. The Morgan fingerprint density at radius 3 is 2.26 bits per heavy atom. The van der Waals surface area contributed by atoms with Gasteiger partial charge in [0.1, 0.15) is 11.9 Å². The number of Topliss-reactive ketones (excluding diaryl/α,β-unsaturated/α-hetero) is 1. The number of ketones is 1. The largest absolute Gasteiger partial charge is 0.489 e. The predicted molar refractivity (Wildman–Crippen MR) is 150 cm³/mol. The standard InChI is InChI=1S/C31H30ClN3O4/c1-33-24-11-8-21(9-12-24)20-4-6-22(7-5-20)30(37)31(38)34-27(19-35-16-2-3-17-35)29(36)23-10-15-28(26(32)18-23)39-25-13-14-25/h4-12,15,18,25,27,29,36H,2-3,13-14,16-17,19H2,(H,34,38)/t27-,29-/m1/s1. The molecule has 3 aromatic carbocycles. The van der Waals surface area contributed by atoms with Gasteiger partial charge in [-0.25, -0.2) is 4.85 Å². The molecule has 1 heterocycles. The smallest absolute Gasteiger partial charge is 0.292 e. The normalized spacial score (nSPS) is 16.7. The lowest BCUT2D eigenvalue weighted by atomic mass is 10.00. The summed E-state index contributed by atoms with van der Waals surface area (Å²) in [7, 11) is 0. The van der Waals surface area contributed by atoms with Gasteiger partial charge >= 0.3 is 0 Å². The molecule has 200 valence electrons. The molecule has 39 heavy (non-hydrogen) atoms. The molecular weight excluding hydrogens is 514 g/mol. The minimum atomic E-state index is -1.06. The van der Waals surface area contributed by atoms with Crippen LogP contribution in [0.4, 0.5) is 5.69 Å². The number of hydrogen-bond donors (Lipinski definition) is 2. The fraction of sp³-hybridized carbons (Fsp3) is 0.323. The van der Waals surface area contributed by atoms with Crippen molar-refractivity contribution in [3.63, 3.8) is 0 Å². The molecule has 1 aliphatic carbocycles. The van der Waals surface area contributed by atoms with Gasteiger partial charge in [-0.1, -0.05) is 66.2 Å². The molecule has 3 aromatic rings. The summed E-state index contributed by atoms with van der Waals surface area (Å²) in [4.78, 5) is 31.7.